The van der Waals surface area contributed by atoms with Crippen molar-refractivity contribution in [2.45, 2.75) is 43.4 Å². The molecule has 30 heavy (non-hydrogen) atoms. The maximum Gasteiger partial charge on any atom is 0.341 e. The topological polar surface area (TPSA) is 110 Å². The Morgan fingerprint density at radius 1 is 1.03 bits per heavy atom. The summed E-state index contributed by atoms with van der Waals surface area (Å²) in [7, 11) is -2.71. The first-order valence-electron chi connectivity index (χ1n) is 9.53. The monoisotopic (exact) mass is 448 g/mol. The van der Waals surface area contributed by atoms with Crippen LogP contribution in [0.1, 0.15) is 46.5 Å². The minimum absolute atomic E-state index is 0.0347. The fourth-order valence-electron chi connectivity index (χ4n) is 3.78. The highest BCUT2D eigenvalue weighted by molar-refractivity contribution is 7.93. The van der Waals surface area contributed by atoms with Gasteiger partial charge < -0.3 is 4.74 Å². The van der Waals surface area contributed by atoms with Gasteiger partial charge in [0.05, 0.1) is 23.3 Å². The van der Waals surface area contributed by atoms with Crippen LogP contribution in [-0.2, 0) is 37.2 Å². The molecule has 1 aromatic carbocycles. The highest BCUT2D eigenvalue weighted by atomic mass is 32.2. The largest absolute Gasteiger partial charge is 0.465 e. The molecule has 1 aromatic heterocycles. The zero-order valence-electron chi connectivity index (χ0n) is 16.3. The van der Waals surface area contributed by atoms with E-state index in [0.29, 0.717) is 12.1 Å². The van der Waals surface area contributed by atoms with Gasteiger partial charge in [-0.05, 0) is 55.5 Å². The van der Waals surface area contributed by atoms with Gasteiger partial charge in [0.15, 0.2) is 0 Å². The molecule has 1 aliphatic carbocycles. The minimum atomic E-state index is -3.98. The maximum atomic E-state index is 12.9. The Bertz CT molecular complexity index is 1120. The van der Waals surface area contributed by atoms with Crippen LogP contribution in [-0.4, -0.2) is 33.3 Å². The number of esters is 1. The number of methoxy groups -OCH3 is 1. The van der Waals surface area contributed by atoms with Crippen molar-refractivity contribution in [1.29, 1.82) is 0 Å². The Morgan fingerprint density at radius 2 is 1.67 bits per heavy atom. The van der Waals surface area contributed by atoms with Gasteiger partial charge in [-0.3, -0.25) is 19.2 Å². The van der Waals surface area contributed by atoms with E-state index in [1.807, 2.05) is 0 Å². The first-order valence-corrected chi connectivity index (χ1v) is 11.8. The molecular weight excluding hydrogens is 428 g/mol. The number of nitrogens with one attached hydrogen (secondary N) is 1. The molecule has 8 nitrogen and oxygen atoms in total. The Balaban J connectivity index is 1.64. The van der Waals surface area contributed by atoms with E-state index >= 15 is 0 Å². The number of thiophene rings is 1. The summed E-state index contributed by atoms with van der Waals surface area (Å²) in [5.41, 5.74) is 1.48. The Hall–Kier alpha value is -2.72. The van der Waals surface area contributed by atoms with Crippen LogP contribution in [0.5, 0.6) is 0 Å². The second kappa shape index (κ2) is 7.84. The molecule has 158 valence electrons. The number of benzene rings is 1. The summed E-state index contributed by atoms with van der Waals surface area (Å²) in [5.74, 6) is -1.17. The van der Waals surface area contributed by atoms with Crippen molar-refractivity contribution in [3.05, 3.63) is 40.3 Å². The lowest BCUT2D eigenvalue weighted by atomic mass is 9.95. The van der Waals surface area contributed by atoms with E-state index in [-0.39, 0.29) is 40.1 Å². The number of imide groups is 1. The second-order valence-electron chi connectivity index (χ2n) is 7.13. The predicted octanol–water partition coefficient (Wildman–Crippen LogP) is 2.87. The highest BCUT2D eigenvalue weighted by Gasteiger charge is 2.31. The fraction of sp³-hybridized carbons (Fsp3) is 0.350. The van der Waals surface area contributed by atoms with Crippen molar-refractivity contribution < 1.29 is 27.5 Å². The molecule has 0 unspecified atom stereocenters. The van der Waals surface area contributed by atoms with Crippen LogP contribution in [0.25, 0.3) is 0 Å². The number of fused-ring (bicyclic) bond motifs is 1. The first-order chi connectivity index (χ1) is 14.3. The molecule has 2 amide bonds. The third-order valence-electron chi connectivity index (χ3n) is 5.24. The van der Waals surface area contributed by atoms with E-state index in [1.165, 1.54) is 42.7 Å². The number of anilines is 2. The molecule has 2 aliphatic rings. The van der Waals surface area contributed by atoms with E-state index in [0.717, 1.165) is 34.6 Å². The zero-order valence-corrected chi connectivity index (χ0v) is 17.9. The third-order valence-corrected chi connectivity index (χ3v) is 7.95. The average molecular weight is 449 g/mol. The Morgan fingerprint density at radius 3 is 2.30 bits per heavy atom. The molecule has 2 aromatic rings. The lowest BCUT2D eigenvalue weighted by Crippen LogP contribution is -2.28. The summed E-state index contributed by atoms with van der Waals surface area (Å²) >= 11 is 1.26. The van der Waals surface area contributed by atoms with Crippen LogP contribution in [0.4, 0.5) is 10.7 Å². The molecule has 0 spiro atoms. The van der Waals surface area contributed by atoms with E-state index < -0.39 is 16.0 Å². The lowest BCUT2D eigenvalue weighted by molar-refractivity contribution is -0.121. The van der Waals surface area contributed by atoms with Crippen LogP contribution in [0.3, 0.4) is 0 Å². The van der Waals surface area contributed by atoms with Crippen molar-refractivity contribution in [2.75, 3.05) is 16.7 Å². The predicted molar refractivity (Wildman–Crippen MR) is 111 cm³/mol. The van der Waals surface area contributed by atoms with Crippen molar-refractivity contribution in [3.8, 4) is 0 Å². The number of nitrogens with zero attached hydrogens (tertiary/aromatic N) is 1. The molecule has 2 heterocycles. The van der Waals surface area contributed by atoms with E-state index in [9.17, 15) is 22.8 Å². The summed E-state index contributed by atoms with van der Waals surface area (Å²) in [6, 6.07) is 5.52. The van der Waals surface area contributed by atoms with Crippen LogP contribution < -0.4 is 9.62 Å². The standard InChI is InChI=1S/C20H20N2O6S2/c1-28-20(25)18-14-4-2-3-5-15(14)29-19(18)21-30(26,27)13-8-6-12(7-9-13)22-16(23)10-11-17(22)24/h6-9,21H,2-5,10-11H2,1H3. The van der Waals surface area contributed by atoms with Gasteiger partial charge in [0.2, 0.25) is 11.8 Å². The van der Waals surface area contributed by atoms with Gasteiger partial charge in [0, 0.05) is 17.7 Å². The molecule has 0 radical (unpaired) electrons. The summed E-state index contributed by atoms with van der Waals surface area (Å²) in [4.78, 5) is 38.1. The van der Waals surface area contributed by atoms with Crippen molar-refractivity contribution in [1.82, 2.24) is 0 Å². The molecule has 0 atom stereocenters. The summed E-state index contributed by atoms with van der Waals surface area (Å²) < 4.78 is 33.3. The fourth-order valence-corrected chi connectivity index (χ4v) is 6.36. The van der Waals surface area contributed by atoms with Crippen LogP contribution in [0, 0.1) is 0 Å². The van der Waals surface area contributed by atoms with Crippen LogP contribution in [0.2, 0.25) is 0 Å². The van der Waals surface area contributed by atoms with Crippen molar-refractivity contribution >= 4 is 49.8 Å². The lowest BCUT2D eigenvalue weighted by Gasteiger charge is -2.14. The van der Waals surface area contributed by atoms with Gasteiger partial charge >= 0.3 is 5.97 Å². The summed E-state index contributed by atoms with van der Waals surface area (Å²) in [6.07, 6.45) is 3.76. The van der Waals surface area contributed by atoms with Gasteiger partial charge in [-0.1, -0.05) is 0 Å². The number of rotatable bonds is 5. The van der Waals surface area contributed by atoms with E-state index in [1.54, 1.807) is 0 Å². The number of hydrogen-bond donors (Lipinski definition) is 1. The van der Waals surface area contributed by atoms with Gasteiger partial charge in [0.1, 0.15) is 5.00 Å². The van der Waals surface area contributed by atoms with Gasteiger partial charge in [-0.2, -0.15) is 0 Å². The Kier molecular flexibility index (Phi) is 5.37. The van der Waals surface area contributed by atoms with Crippen LogP contribution >= 0.6 is 11.3 Å². The molecule has 10 heteroatoms. The molecule has 1 N–H and O–H groups in total. The van der Waals surface area contributed by atoms with Gasteiger partial charge in [0.25, 0.3) is 10.0 Å². The third kappa shape index (κ3) is 3.61. The number of sulfonamides is 1. The SMILES string of the molecule is COC(=O)c1c(NS(=O)(=O)c2ccc(N3C(=O)CCC3=O)cc2)sc2c1CCCC2. The molecule has 1 saturated heterocycles. The van der Waals surface area contributed by atoms with Gasteiger partial charge in [-0.15, -0.1) is 11.3 Å². The van der Waals surface area contributed by atoms with Gasteiger partial charge in [-0.25, -0.2) is 13.2 Å². The van der Waals surface area contributed by atoms with Crippen molar-refractivity contribution in [3.63, 3.8) is 0 Å². The zero-order chi connectivity index (χ0) is 21.5. The minimum Gasteiger partial charge on any atom is -0.465 e. The number of carbonyl (C=O) groups excluding carboxylic acids is 3. The molecule has 1 fully saturated rings. The maximum absolute atomic E-state index is 12.9. The molecule has 4 rings (SSSR count). The quantitative estimate of drug-likeness (QED) is 0.556. The smallest absolute Gasteiger partial charge is 0.341 e. The number of ether oxygens (including phenoxy) is 1. The molecule has 0 saturated carbocycles. The van der Waals surface area contributed by atoms with E-state index in [2.05, 4.69) is 4.72 Å². The van der Waals surface area contributed by atoms with E-state index in [4.69, 9.17) is 4.74 Å². The first kappa shape index (κ1) is 20.5. The highest BCUT2D eigenvalue weighted by Crippen LogP contribution is 2.39. The Labute approximate surface area is 177 Å². The summed E-state index contributed by atoms with van der Waals surface area (Å²) in [6.45, 7) is 0. The van der Waals surface area contributed by atoms with Crippen molar-refractivity contribution in [2.24, 2.45) is 0 Å². The number of hydrogen-bond acceptors (Lipinski definition) is 7. The normalized spacial score (nSPS) is 16.5. The van der Waals surface area contributed by atoms with Crippen LogP contribution in [0.15, 0.2) is 29.2 Å². The molecular formula is C20H20N2O6S2. The molecule has 0 bridgehead atoms. The average Bonchev–Trinajstić information content (AvgIpc) is 3.26. The number of aryl methyl sites for hydroxylation is 1. The summed E-state index contributed by atoms with van der Waals surface area (Å²) in [5, 5.41) is 0.253. The number of amides is 2. The number of carbonyl (C=O) groups is 3. The molecule has 1 aliphatic heterocycles. The second-order valence-corrected chi connectivity index (χ2v) is 9.92.